The van der Waals surface area contributed by atoms with Crippen molar-refractivity contribution in [2.45, 2.75) is 43.8 Å². The first kappa shape index (κ1) is 22.5. The number of aliphatic carboxylic acids is 1. The second-order valence-corrected chi connectivity index (χ2v) is 8.51. The van der Waals surface area contributed by atoms with Crippen molar-refractivity contribution in [3.63, 3.8) is 0 Å². The van der Waals surface area contributed by atoms with E-state index in [0.29, 0.717) is 24.0 Å². The van der Waals surface area contributed by atoms with E-state index in [2.05, 4.69) is 5.32 Å². The first-order valence-corrected chi connectivity index (χ1v) is 11.2. The summed E-state index contributed by atoms with van der Waals surface area (Å²) >= 11 is 0. The smallest absolute Gasteiger partial charge is 0.328 e. The second-order valence-electron chi connectivity index (χ2n) is 8.51. The molecule has 2 aromatic rings. The van der Waals surface area contributed by atoms with Crippen LogP contribution in [0.5, 0.6) is 0 Å². The van der Waals surface area contributed by atoms with E-state index in [1.807, 2.05) is 6.07 Å². The number of fused-ring (bicyclic) bond motifs is 1. The maximum atomic E-state index is 13.5. The molecular weight excluding hydrogens is 422 g/mol. The lowest BCUT2D eigenvalue weighted by atomic mass is 9.93. The van der Waals surface area contributed by atoms with Crippen LogP contribution < -0.4 is 5.32 Å². The van der Waals surface area contributed by atoms with Gasteiger partial charge in [0.05, 0.1) is 12.6 Å². The predicted octanol–water partition coefficient (Wildman–Crippen LogP) is 2.17. The minimum Gasteiger partial charge on any atom is -0.480 e. The molecule has 0 saturated carbocycles. The van der Waals surface area contributed by atoms with Crippen LogP contribution in [0.25, 0.3) is 0 Å². The molecule has 0 aliphatic carbocycles. The Morgan fingerprint density at radius 3 is 2.09 bits per heavy atom. The molecular formula is C25H27N3O5. The van der Waals surface area contributed by atoms with E-state index in [-0.39, 0.29) is 24.9 Å². The van der Waals surface area contributed by atoms with Gasteiger partial charge in [-0.25, -0.2) is 4.79 Å². The van der Waals surface area contributed by atoms with E-state index in [9.17, 15) is 24.3 Å². The van der Waals surface area contributed by atoms with Gasteiger partial charge >= 0.3 is 5.97 Å². The number of carbonyl (C=O) groups excluding carboxylic acids is 3. The fourth-order valence-corrected chi connectivity index (χ4v) is 4.66. The zero-order chi connectivity index (χ0) is 23.4. The van der Waals surface area contributed by atoms with Crippen molar-refractivity contribution in [2.75, 3.05) is 13.1 Å². The second kappa shape index (κ2) is 9.85. The van der Waals surface area contributed by atoms with Gasteiger partial charge in [0.25, 0.3) is 11.8 Å². The molecule has 0 aromatic heterocycles. The number of amides is 3. The van der Waals surface area contributed by atoms with Gasteiger partial charge in [-0.1, -0.05) is 49.2 Å². The molecule has 33 heavy (non-hydrogen) atoms. The van der Waals surface area contributed by atoms with Gasteiger partial charge < -0.3 is 20.2 Å². The maximum absolute atomic E-state index is 13.5. The van der Waals surface area contributed by atoms with Gasteiger partial charge in [0, 0.05) is 17.7 Å². The summed E-state index contributed by atoms with van der Waals surface area (Å²) in [6.07, 6.45) is 2.54. The Kier molecular flexibility index (Phi) is 6.72. The van der Waals surface area contributed by atoms with Crippen molar-refractivity contribution >= 4 is 23.7 Å². The minimum atomic E-state index is -1.17. The molecule has 0 radical (unpaired) electrons. The summed E-state index contributed by atoms with van der Waals surface area (Å²) in [5.41, 5.74) is 0.928. The summed E-state index contributed by atoms with van der Waals surface area (Å²) in [6, 6.07) is 15.0. The Morgan fingerprint density at radius 2 is 1.45 bits per heavy atom. The monoisotopic (exact) mass is 449 g/mol. The third-order valence-electron chi connectivity index (χ3n) is 6.32. The standard InChI is InChI=1S/C25H27N3O5/c29-22(17-9-3-1-4-10-17)26-20-14-8-7-13-19-15-27(23(30)18-11-5-2-6-12-18)16-21(25(32)33)28(19)24(20)31/h1-6,9-12,19-21H,7-8,13-16H2,(H,26,29)(H,32,33)/t19-,20-,21-/m0/s1. The lowest BCUT2D eigenvalue weighted by molar-refractivity contribution is -0.158. The van der Waals surface area contributed by atoms with Crippen molar-refractivity contribution in [2.24, 2.45) is 0 Å². The molecule has 2 aromatic carbocycles. The third-order valence-corrected chi connectivity index (χ3v) is 6.32. The fourth-order valence-electron chi connectivity index (χ4n) is 4.66. The highest BCUT2D eigenvalue weighted by Crippen LogP contribution is 2.27. The number of nitrogens with one attached hydrogen (secondary N) is 1. The fraction of sp³-hybridized carbons (Fsp3) is 0.360. The van der Waals surface area contributed by atoms with Gasteiger partial charge in [-0.3, -0.25) is 14.4 Å². The number of nitrogens with zero attached hydrogens (tertiary/aromatic N) is 2. The van der Waals surface area contributed by atoms with Gasteiger partial charge in [0.15, 0.2) is 0 Å². The first-order chi connectivity index (χ1) is 16.0. The Balaban J connectivity index is 1.56. The maximum Gasteiger partial charge on any atom is 0.328 e. The molecule has 2 saturated heterocycles. The Bertz CT molecular complexity index is 1030. The van der Waals surface area contributed by atoms with Crippen LogP contribution in [0.1, 0.15) is 46.4 Å². The predicted molar refractivity (Wildman–Crippen MR) is 121 cm³/mol. The van der Waals surface area contributed by atoms with Crippen molar-refractivity contribution < 1.29 is 24.3 Å². The molecule has 0 bridgehead atoms. The van der Waals surface area contributed by atoms with E-state index >= 15 is 0 Å². The van der Waals surface area contributed by atoms with Crippen LogP contribution in [-0.2, 0) is 9.59 Å². The highest BCUT2D eigenvalue weighted by Gasteiger charge is 2.45. The molecule has 2 aliphatic rings. The van der Waals surface area contributed by atoms with E-state index in [1.165, 1.54) is 9.80 Å². The van der Waals surface area contributed by atoms with Crippen LogP contribution in [0.15, 0.2) is 60.7 Å². The highest BCUT2D eigenvalue weighted by molar-refractivity contribution is 5.99. The number of benzene rings is 2. The van der Waals surface area contributed by atoms with Crippen molar-refractivity contribution in [1.82, 2.24) is 15.1 Å². The zero-order valence-corrected chi connectivity index (χ0v) is 18.2. The van der Waals surface area contributed by atoms with Crippen LogP contribution >= 0.6 is 0 Å². The lowest BCUT2D eigenvalue weighted by Gasteiger charge is -2.47. The number of carbonyl (C=O) groups is 4. The molecule has 3 atom stereocenters. The number of hydrogen-bond acceptors (Lipinski definition) is 4. The molecule has 3 amide bonds. The summed E-state index contributed by atoms with van der Waals surface area (Å²) in [5.74, 6) is -2.17. The summed E-state index contributed by atoms with van der Waals surface area (Å²) < 4.78 is 0. The zero-order valence-electron chi connectivity index (χ0n) is 18.2. The normalized spacial score (nSPS) is 23.2. The van der Waals surface area contributed by atoms with Crippen LogP contribution in [0, 0.1) is 0 Å². The first-order valence-electron chi connectivity index (χ1n) is 11.2. The molecule has 8 nitrogen and oxygen atoms in total. The Hall–Kier alpha value is -3.68. The van der Waals surface area contributed by atoms with Gasteiger partial charge in [-0.15, -0.1) is 0 Å². The number of carboxylic acids is 1. The minimum absolute atomic E-state index is 0.0926. The number of hydrogen-bond donors (Lipinski definition) is 2. The summed E-state index contributed by atoms with van der Waals surface area (Å²) in [7, 11) is 0. The molecule has 2 heterocycles. The molecule has 8 heteroatoms. The average molecular weight is 450 g/mol. The quantitative estimate of drug-likeness (QED) is 0.744. The highest BCUT2D eigenvalue weighted by atomic mass is 16.4. The molecule has 2 fully saturated rings. The number of rotatable bonds is 4. The van der Waals surface area contributed by atoms with Crippen LogP contribution in [0.3, 0.4) is 0 Å². The molecule has 4 rings (SSSR count). The van der Waals surface area contributed by atoms with E-state index < -0.39 is 30.0 Å². The van der Waals surface area contributed by atoms with Crippen molar-refractivity contribution in [1.29, 1.82) is 0 Å². The van der Waals surface area contributed by atoms with Crippen molar-refractivity contribution in [3.05, 3.63) is 71.8 Å². The summed E-state index contributed by atoms with van der Waals surface area (Å²) in [4.78, 5) is 54.3. The van der Waals surface area contributed by atoms with Gasteiger partial charge in [-0.2, -0.15) is 0 Å². The van der Waals surface area contributed by atoms with Gasteiger partial charge in [-0.05, 0) is 37.1 Å². The third kappa shape index (κ3) is 4.89. The molecule has 2 aliphatic heterocycles. The number of piperazine rings is 1. The van der Waals surface area contributed by atoms with E-state index in [1.54, 1.807) is 54.6 Å². The molecule has 2 N–H and O–H groups in total. The van der Waals surface area contributed by atoms with Crippen LogP contribution in [-0.4, -0.2) is 69.8 Å². The largest absolute Gasteiger partial charge is 0.480 e. The average Bonchev–Trinajstić information content (AvgIpc) is 2.84. The Labute approximate surface area is 192 Å². The van der Waals surface area contributed by atoms with Gasteiger partial charge in [0.1, 0.15) is 12.1 Å². The molecule has 172 valence electrons. The summed E-state index contributed by atoms with van der Waals surface area (Å²) in [5, 5.41) is 12.8. The number of carboxylic acid groups (broad SMARTS) is 1. The van der Waals surface area contributed by atoms with Gasteiger partial charge in [0.2, 0.25) is 5.91 Å². The molecule has 0 spiro atoms. The van der Waals surface area contributed by atoms with Crippen LogP contribution in [0.2, 0.25) is 0 Å². The van der Waals surface area contributed by atoms with E-state index in [0.717, 1.165) is 12.8 Å². The van der Waals surface area contributed by atoms with E-state index in [4.69, 9.17) is 0 Å². The molecule has 0 unspecified atom stereocenters. The van der Waals surface area contributed by atoms with Crippen LogP contribution in [0.4, 0.5) is 0 Å². The topological polar surface area (TPSA) is 107 Å². The SMILES string of the molecule is O=C(N[C@H]1CCCC[C@H]2CN(C(=O)c3ccccc3)C[C@@H](C(=O)O)N2C1=O)c1ccccc1. The summed E-state index contributed by atoms with van der Waals surface area (Å²) in [6.45, 7) is 0.174. The van der Waals surface area contributed by atoms with Crippen molar-refractivity contribution in [3.8, 4) is 0 Å². The lowest BCUT2D eigenvalue weighted by Crippen LogP contribution is -2.67. The Morgan fingerprint density at radius 1 is 0.848 bits per heavy atom.